The van der Waals surface area contributed by atoms with Crippen LogP contribution in [0, 0.1) is 11.8 Å². The van der Waals surface area contributed by atoms with Gasteiger partial charge in [-0.25, -0.2) is 0 Å². The minimum Gasteiger partial charge on any atom is -0.396 e. The lowest BCUT2D eigenvalue weighted by Gasteiger charge is -2.17. The van der Waals surface area contributed by atoms with Gasteiger partial charge in [0.25, 0.3) is 0 Å². The molecule has 0 saturated heterocycles. The van der Waals surface area contributed by atoms with Gasteiger partial charge in [0.1, 0.15) is 6.54 Å². The predicted octanol–water partition coefficient (Wildman–Crippen LogP) is 0.408. The predicted molar refractivity (Wildman–Crippen MR) is 63.2 cm³/mol. The maximum absolute atomic E-state index is 11.6. The van der Waals surface area contributed by atoms with E-state index in [0.717, 1.165) is 19.3 Å². The first-order chi connectivity index (χ1) is 8.29. The largest absolute Gasteiger partial charge is 0.396 e. The summed E-state index contributed by atoms with van der Waals surface area (Å²) in [5.41, 5.74) is 0. The number of carbonyl (C=O) groups excluding carboxylic acids is 1. The molecule has 1 aliphatic rings. The number of aliphatic hydroxyl groups excluding tert-OH is 1. The summed E-state index contributed by atoms with van der Waals surface area (Å²) in [4.78, 5) is 11.6. The molecular formula is C12H19N3O2. The van der Waals surface area contributed by atoms with Crippen LogP contribution in [0.25, 0.3) is 0 Å². The molecule has 1 heterocycles. The molecule has 5 heteroatoms. The van der Waals surface area contributed by atoms with E-state index in [-0.39, 0.29) is 19.1 Å². The lowest BCUT2D eigenvalue weighted by Crippen LogP contribution is -2.34. The number of carbonyl (C=O) groups is 1. The Morgan fingerprint density at radius 2 is 2.29 bits per heavy atom. The molecule has 17 heavy (non-hydrogen) atoms. The van der Waals surface area contributed by atoms with Crippen molar-refractivity contribution in [1.29, 1.82) is 0 Å². The summed E-state index contributed by atoms with van der Waals surface area (Å²) in [7, 11) is 0. The van der Waals surface area contributed by atoms with Crippen LogP contribution in [0.15, 0.2) is 18.5 Å². The molecule has 1 saturated carbocycles. The third-order valence-corrected chi connectivity index (χ3v) is 3.48. The van der Waals surface area contributed by atoms with E-state index in [1.165, 1.54) is 0 Å². The van der Waals surface area contributed by atoms with Gasteiger partial charge < -0.3 is 10.4 Å². The number of rotatable bonds is 5. The van der Waals surface area contributed by atoms with E-state index in [1.807, 2.05) is 0 Å². The van der Waals surface area contributed by atoms with Crippen molar-refractivity contribution in [3.8, 4) is 0 Å². The van der Waals surface area contributed by atoms with Crippen molar-refractivity contribution in [3.63, 3.8) is 0 Å². The van der Waals surface area contributed by atoms with Crippen molar-refractivity contribution in [3.05, 3.63) is 18.5 Å². The number of hydrogen-bond acceptors (Lipinski definition) is 3. The van der Waals surface area contributed by atoms with Crippen molar-refractivity contribution < 1.29 is 9.90 Å². The van der Waals surface area contributed by atoms with Gasteiger partial charge in [0.2, 0.25) is 5.91 Å². The fraction of sp³-hybridized carbons (Fsp3) is 0.667. The van der Waals surface area contributed by atoms with E-state index in [0.29, 0.717) is 18.4 Å². The second kappa shape index (κ2) is 5.82. The Morgan fingerprint density at radius 3 is 3.00 bits per heavy atom. The van der Waals surface area contributed by atoms with Gasteiger partial charge in [-0.05, 0) is 30.7 Å². The molecule has 94 valence electrons. The van der Waals surface area contributed by atoms with Crippen LogP contribution in [0.2, 0.25) is 0 Å². The van der Waals surface area contributed by atoms with E-state index in [4.69, 9.17) is 0 Å². The second-order valence-corrected chi connectivity index (χ2v) is 4.64. The van der Waals surface area contributed by atoms with Crippen molar-refractivity contribution in [2.45, 2.75) is 25.8 Å². The lowest BCUT2D eigenvalue weighted by atomic mass is 9.97. The SMILES string of the molecule is O=C(Cn1cccn1)NCC1CCCC1CO. The molecule has 1 fully saturated rings. The minimum atomic E-state index is -0.0164. The molecule has 5 nitrogen and oxygen atoms in total. The number of nitrogens with zero attached hydrogens (tertiary/aromatic N) is 2. The molecule has 0 radical (unpaired) electrons. The number of nitrogens with one attached hydrogen (secondary N) is 1. The van der Waals surface area contributed by atoms with Crippen LogP contribution in [0.4, 0.5) is 0 Å². The Hall–Kier alpha value is -1.36. The zero-order chi connectivity index (χ0) is 12.1. The van der Waals surface area contributed by atoms with Crippen molar-refractivity contribution in [2.75, 3.05) is 13.2 Å². The average molecular weight is 237 g/mol. The van der Waals surface area contributed by atoms with Gasteiger partial charge in [0.05, 0.1) is 0 Å². The second-order valence-electron chi connectivity index (χ2n) is 4.64. The summed E-state index contributed by atoms with van der Waals surface area (Å²) in [5, 5.41) is 16.1. The fourth-order valence-electron chi connectivity index (χ4n) is 2.46. The summed E-state index contributed by atoms with van der Waals surface area (Å²) in [6.07, 6.45) is 6.77. The quantitative estimate of drug-likeness (QED) is 0.779. The summed E-state index contributed by atoms with van der Waals surface area (Å²) < 4.78 is 1.60. The first-order valence-electron chi connectivity index (χ1n) is 6.14. The van der Waals surface area contributed by atoms with Gasteiger partial charge in [-0.3, -0.25) is 9.48 Å². The molecule has 2 unspecified atom stereocenters. The smallest absolute Gasteiger partial charge is 0.241 e. The average Bonchev–Trinajstić information content (AvgIpc) is 2.96. The molecule has 0 aromatic carbocycles. The highest BCUT2D eigenvalue weighted by molar-refractivity contribution is 5.75. The Morgan fingerprint density at radius 1 is 1.47 bits per heavy atom. The number of aromatic nitrogens is 2. The highest BCUT2D eigenvalue weighted by Gasteiger charge is 2.26. The number of amides is 1. The van der Waals surface area contributed by atoms with Crippen LogP contribution in [0.3, 0.4) is 0 Å². The Balaban J connectivity index is 1.72. The molecule has 2 atom stereocenters. The molecule has 1 aliphatic carbocycles. The maximum atomic E-state index is 11.6. The van der Waals surface area contributed by atoms with E-state index in [1.54, 1.807) is 23.1 Å². The monoisotopic (exact) mass is 237 g/mol. The van der Waals surface area contributed by atoms with Gasteiger partial charge in [0.15, 0.2) is 0 Å². The molecule has 1 aromatic rings. The molecule has 2 rings (SSSR count). The van der Waals surface area contributed by atoms with Gasteiger partial charge in [0, 0.05) is 25.5 Å². The summed E-state index contributed by atoms with van der Waals surface area (Å²) in [6, 6.07) is 1.80. The molecule has 1 amide bonds. The van der Waals surface area contributed by atoms with Gasteiger partial charge in [-0.1, -0.05) is 6.42 Å². The highest BCUT2D eigenvalue weighted by Crippen LogP contribution is 2.30. The standard InChI is InChI=1S/C12H19N3O2/c16-9-11-4-1-3-10(11)7-13-12(17)8-15-6-2-5-14-15/h2,5-6,10-11,16H,1,3-4,7-9H2,(H,13,17). The van der Waals surface area contributed by atoms with Crippen LogP contribution in [-0.2, 0) is 11.3 Å². The molecule has 0 bridgehead atoms. The normalized spacial score (nSPS) is 23.8. The van der Waals surface area contributed by atoms with Crippen LogP contribution < -0.4 is 5.32 Å². The Bertz CT molecular complexity index is 351. The molecule has 2 N–H and O–H groups in total. The van der Waals surface area contributed by atoms with Gasteiger partial charge in [-0.15, -0.1) is 0 Å². The zero-order valence-corrected chi connectivity index (χ0v) is 9.88. The molecule has 0 spiro atoms. The number of aliphatic hydroxyl groups is 1. The topological polar surface area (TPSA) is 67.2 Å². The van der Waals surface area contributed by atoms with Crippen LogP contribution >= 0.6 is 0 Å². The molecule has 0 aliphatic heterocycles. The fourth-order valence-corrected chi connectivity index (χ4v) is 2.46. The van der Waals surface area contributed by atoms with Gasteiger partial charge in [-0.2, -0.15) is 5.10 Å². The third kappa shape index (κ3) is 3.30. The summed E-state index contributed by atoms with van der Waals surface area (Å²) >= 11 is 0. The van der Waals surface area contributed by atoms with Crippen molar-refractivity contribution in [2.24, 2.45) is 11.8 Å². The van der Waals surface area contributed by atoms with Crippen LogP contribution in [0.1, 0.15) is 19.3 Å². The van der Waals surface area contributed by atoms with Crippen molar-refractivity contribution in [1.82, 2.24) is 15.1 Å². The summed E-state index contributed by atoms with van der Waals surface area (Å²) in [5.74, 6) is 0.777. The van der Waals surface area contributed by atoms with E-state index in [9.17, 15) is 9.90 Å². The Labute approximate surface area is 101 Å². The number of hydrogen-bond donors (Lipinski definition) is 2. The highest BCUT2D eigenvalue weighted by atomic mass is 16.3. The lowest BCUT2D eigenvalue weighted by molar-refractivity contribution is -0.122. The van der Waals surface area contributed by atoms with Crippen LogP contribution in [0.5, 0.6) is 0 Å². The van der Waals surface area contributed by atoms with E-state index >= 15 is 0 Å². The van der Waals surface area contributed by atoms with Gasteiger partial charge >= 0.3 is 0 Å². The van der Waals surface area contributed by atoms with Crippen LogP contribution in [-0.4, -0.2) is 33.9 Å². The zero-order valence-electron chi connectivity index (χ0n) is 9.88. The minimum absolute atomic E-state index is 0.0164. The maximum Gasteiger partial charge on any atom is 0.241 e. The molecular weight excluding hydrogens is 218 g/mol. The first kappa shape index (κ1) is 12.1. The Kier molecular flexibility index (Phi) is 4.14. The summed E-state index contributed by atoms with van der Waals surface area (Å²) in [6.45, 7) is 1.18. The first-order valence-corrected chi connectivity index (χ1v) is 6.14. The van der Waals surface area contributed by atoms with E-state index in [2.05, 4.69) is 10.4 Å². The molecule has 1 aromatic heterocycles. The third-order valence-electron chi connectivity index (χ3n) is 3.48. The van der Waals surface area contributed by atoms with E-state index < -0.39 is 0 Å². The van der Waals surface area contributed by atoms with Crippen molar-refractivity contribution >= 4 is 5.91 Å².